The van der Waals surface area contributed by atoms with E-state index in [1.807, 2.05) is 30.3 Å². The van der Waals surface area contributed by atoms with Crippen molar-refractivity contribution in [2.45, 2.75) is 26.2 Å². The van der Waals surface area contributed by atoms with Crippen LogP contribution in [0.15, 0.2) is 54.6 Å². The summed E-state index contributed by atoms with van der Waals surface area (Å²) >= 11 is 0. The van der Waals surface area contributed by atoms with Gasteiger partial charge in [-0.15, -0.1) is 0 Å². The Bertz CT molecular complexity index is 645. The van der Waals surface area contributed by atoms with E-state index in [1.54, 1.807) is 18.2 Å². The molecule has 3 nitrogen and oxygen atoms in total. The standard InChI is InChI=1S/C19H20O3/c1-2-3-9-16-14-17(20)11-12-18(16)22-19(21)13-10-15-7-5-4-6-8-15/h4-8,10-14,20H,2-3,9H2,1H3. The third kappa shape index (κ3) is 4.77. The molecule has 0 aliphatic heterocycles. The Hall–Kier alpha value is -2.55. The first-order valence-corrected chi connectivity index (χ1v) is 7.46. The summed E-state index contributed by atoms with van der Waals surface area (Å²) in [6.45, 7) is 2.09. The van der Waals surface area contributed by atoms with E-state index in [9.17, 15) is 9.90 Å². The Morgan fingerprint density at radius 1 is 1.18 bits per heavy atom. The molecule has 2 aromatic carbocycles. The second kappa shape index (κ2) is 8.03. The zero-order valence-corrected chi connectivity index (χ0v) is 12.7. The molecule has 0 atom stereocenters. The average molecular weight is 296 g/mol. The molecule has 3 heteroatoms. The Labute approximate surface area is 130 Å². The van der Waals surface area contributed by atoms with Gasteiger partial charge in [0.2, 0.25) is 0 Å². The second-order valence-corrected chi connectivity index (χ2v) is 5.06. The monoisotopic (exact) mass is 296 g/mol. The fraction of sp³-hybridized carbons (Fsp3) is 0.211. The van der Waals surface area contributed by atoms with E-state index in [1.165, 1.54) is 12.1 Å². The van der Waals surface area contributed by atoms with Gasteiger partial charge in [-0.25, -0.2) is 4.79 Å². The first-order chi connectivity index (χ1) is 10.7. The summed E-state index contributed by atoms with van der Waals surface area (Å²) in [6.07, 6.45) is 5.92. The molecule has 0 aromatic heterocycles. The molecule has 0 unspecified atom stereocenters. The zero-order chi connectivity index (χ0) is 15.8. The number of hydrogen-bond acceptors (Lipinski definition) is 3. The lowest BCUT2D eigenvalue weighted by atomic mass is 10.1. The molecule has 114 valence electrons. The molecule has 2 rings (SSSR count). The highest BCUT2D eigenvalue weighted by Gasteiger charge is 2.08. The first-order valence-electron chi connectivity index (χ1n) is 7.46. The normalized spacial score (nSPS) is 10.8. The van der Waals surface area contributed by atoms with Crippen molar-refractivity contribution < 1.29 is 14.6 Å². The van der Waals surface area contributed by atoms with E-state index in [2.05, 4.69) is 6.92 Å². The van der Waals surface area contributed by atoms with Crippen LogP contribution in [0.25, 0.3) is 6.08 Å². The van der Waals surface area contributed by atoms with Crippen LogP contribution in [0, 0.1) is 0 Å². The number of aryl methyl sites for hydroxylation is 1. The highest BCUT2D eigenvalue weighted by atomic mass is 16.5. The minimum absolute atomic E-state index is 0.186. The van der Waals surface area contributed by atoms with Crippen molar-refractivity contribution in [2.75, 3.05) is 0 Å². The molecule has 2 aromatic rings. The zero-order valence-electron chi connectivity index (χ0n) is 12.7. The van der Waals surface area contributed by atoms with Gasteiger partial charge in [-0.1, -0.05) is 43.7 Å². The quantitative estimate of drug-likeness (QED) is 0.489. The van der Waals surface area contributed by atoms with E-state index >= 15 is 0 Å². The number of carbonyl (C=O) groups excluding carboxylic acids is 1. The summed E-state index contributed by atoms with van der Waals surface area (Å²) in [4.78, 5) is 11.9. The van der Waals surface area contributed by atoms with Gasteiger partial charge in [0.05, 0.1) is 0 Å². The summed E-state index contributed by atoms with van der Waals surface area (Å²) in [5, 5.41) is 9.57. The molecule has 0 spiro atoms. The molecule has 0 heterocycles. The highest BCUT2D eigenvalue weighted by molar-refractivity contribution is 5.88. The third-order valence-corrected chi connectivity index (χ3v) is 3.27. The predicted molar refractivity (Wildman–Crippen MR) is 87.8 cm³/mol. The maximum atomic E-state index is 11.9. The van der Waals surface area contributed by atoms with Crippen molar-refractivity contribution in [1.29, 1.82) is 0 Å². The molecule has 0 fully saturated rings. The molecule has 0 saturated heterocycles. The van der Waals surface area contributed by atoms with Crippen molar-refractivity contribution in [3.05, 3.63) is 65.7 Å². The van der Waals surface area contributed by atoms with E-state index in [0.29, 0.717) is 5.75 Å². The molecule has 0 aliphatic rings. The van der Waals surface area contributed by atoms with Gasteiger partial charge in [-0.2, -0.15) is 0 Å². The topological polar surface area (TPSA) is 46.5 Å². The number of unbranched alkanes of at least 4 members (excludes halogenated alkanes) is 1. The van der Waals surface area contributed by atoms with Crippen LogP contribution < -0.4 is 4.74 Å². The number of hydrogen-bond donors (Lipinski definition) is 1. The molecule has 22 heavy (non-hydrogen) atoms. The van der Waals surface area contributed by atoms with Gasteiger partial charge in [-0.3, -0.25) is 0 Å². The number of ether oxygens (including phenoxy) is 1. The SMILES string of the molecule is CCCCc1cc(O)ccc1OC(=O)C=Cc1ccccc1. The molecular formula is C19H20O3. The number of carbonyl (C=O) groups is 1. The number of esters is 1. The minimum Gasteiger partial charge on any atom is -0.508 e. The largest absolute Gasteiger partial charge is 0.508 e. The van der Waals surface area contributed by atoms with Crippen LogP contribution in [0.4, 0.5) is 0 Å². The summed E-state index contributed by atoms with van der Waals surface area (Å²) in [7, 11) is 0. The average Bonchev–Trinajstić information content (AvgIpc) is 2.54. The third-order valence-electron chi connectivity index (χ3n) is 3.27. The van der Waals surface area contributed by atoms with Crippen molar-refractivity contribution in [2.24, 2.45) is 0 Å². The predicted octanol–water partition coefficient (Wildman–Crippen LogP) is 4.35. The van der Waals surface area contributed by atoms with Gasteiger partial charge < -0.3 is 9.84 Å². The van der Waals surface area contributed by atoms with Crippen LogP contribution in [-0.2, 0) is 11.2 Å². The number of benzene rings is 2. The molecule has 0 saturated carbocycles. The molecule has 1 N–H and O–H groups in total. The summed E-state index contributed by atoms with van der Waals surface area (Å²) in [5.41, 5.74) is 1.79. The van der Waals surface area contributed by atoms with E-state index in [4.69, 9.17) is 4.74 Å². The lowest BCUT2D eigenvalue weighted by Crippen LogP contribution is -2.06. The van der Waals surface area contributed by atoms with Crippen LogP contribution in [0.5, 0.6) is 11.5 Å². The smallest absolute Gasteiger partial charge is 0.336 e. The van der Waals surface area contributed by atoms with E-state index in [0.717, 1.165) is 30.4 Å². The van der Waals surface area contributed by atoms with Crippen LogP contribution >= 0.6 is 0 Å². The number of aromatic hydroxyl groups is 1. The number of phenolic OH excluding ortho intramolecular Hbond substituents is 1. The van der Waals surface area contributed by atoms with Crippen molar-refractivity contribution in [1.82, 2.24) is 0 Å². The molecule has 0 radical (unpaired) electrons. The number of rotatable bonds is 6. The van der Waals surface area contributed by atoms with Crippen molar-refractivity contribution in [3.63, 3.8) is 0 Å². The van der Waals surface area contributed by atoms with E-state index < -0.39 is 5.97 Å². The van der Waals surface area contributed by atoms with Gasteiger partial charge in [0.1, 0.15) is 11.5 Å². The van der Waals surface area contributed by atoms with Gasteiger partial charge in [0, 0.05) is 6.08 Å². The van der Waals surface area contributed by atoms with Crippen LogP contribution in [0.2, 0.25) is 0 Å². The van der Waals surface area contributed by atoms with Gasteiger partial charge >= 0.3 is 5.97 Å². The summed E-state index contributed by atoms with van der Waals surface area (Å²) in [5.74, 6) is 0.270. The Morgan fingerprint density at radius 3 is 2.68 bits per heavy atom. The maximum absolute atomic E-state index is 11.9. The Kier molecular flexibility index (Phi) is 5.78. The van der Waals surface area contributed by atoms with Crippen LogP contribution in [-0.4, -0.2) is 11.1 Å². The van der Waals surface area contributed by atoms with Gasteiger partial charge in [-0.05, 0) is 48.2 Å². The molecule has 0 amide bonds. The summed E-state index contributed by atoms with van der Waals surface area (Å²) < 4.78 is 5.38. The first kappa shape index (κ1) is 15.8. The lowest BCUT2D eigenvalue weighted by Gasteiger charge is -2.09. The maximum Gasteiger partial charge on any atom is 0.336 e. The molecule has 0 aliphatic carbocycles. The van der Waals surface area contributed by atoms with Gasteiger partial charge in [0.25, 0.3) is 0 Å². The van der Waals surface area contributed by atoms with E-state index in [-0.39, 0.29) is 5.75 Å². The van der Waals surface area contributed by atoms with Gasteiger partial charge in [0.15, 0.2) is 0 Å². The summed E-state index contributed by atoms with van der Waals surface area (Å²) in [6, 6.07) is 14.4. The fourth-order valence-corrected chi connectivity index (χ4v) is 2.10. The van der Waals surface area contributed by atoms with Crippen LogP contribution in [0.3, 0.4) is 0 Å². The molecular weight excluding hydrogens is 276 g/mol. The van der Waals surface area contributed by atoms with Crippen molar-refractivity contribution >= 4 is 12.0 Å². The molecule has 0 bridgehead atoms. The van der Waals surface area contributed by atoms with Crippen molar-refractivity contribution in [3.8, 4) is 11.5 Å². The number of phenols is 1. The second-order valence-electron chi connectivity index (χ2n) is 5.06. The lowest BCUT2D eigenvalue weighted by molar-refractivity contribution is -0.128. The Morgan fingerprint density at radius 2 is 1.95 bits per heavy atom. The van der Waals surface area contributed by atoms with Crippen LogP contribution in [0.1, 0.15) is 30.9 Å². The highest BCUT2D eigenvalue weighted by Crippen LogP contribution is 2.25. The fourth-order valence-electron chi connectivity index (χ4n) is 2.10. The Balaban J connectivity index is 2.06. The minimum atomic E-state index is -0.424.